The molecule has 1 amide bonds. The van der Waals surface area contributed by atoms with Gasteiger partial charge in [-0.15, -0.1) is 0 Å². The van der Waals surface area contributed by atoms with Crippen LogP contribution in [0.3, 0.4) is 0 Å². The maximum Gasteiger partial charge on any atom is 0.252 e. The van der Waals surface area contributed by atoms with E-state index >= 15 is 0 Å². The Balaban J connectivity index is 1.26. The van der Waals surface area contributed by atoms with Crippen LogP contribution >= 0.6 is 11.8 Å². The summed E-state index contributed by atoms with van der Waals surface area (Å²) in [6, 6.07) is 16.0. The molecular formula is C24H26N4O3S. The van der Waals surface area contributed by atoms with E-state index < -0.39 is 0 Å². The van der Waals surface area contributed by atoms with E-state index in [1.54, 1.807) is 12.4 Å². The molecule has 0 radical (unpaired) electrons. The van der Waals surface area contributed by atoms with Gasteiger partial charge in [-0.25, -0.2) is 9.97 Å². The van der Waals surface area contributed by atoms with Crippen molar-refractivity contribution in [1.82, 2.24) is 15.3 Å². The van der Waals surface area contributed by atoms with Gasteiger partial charge in [0.1, 0.15) is 5.75 Å². The van der Waals surface area contributed by atoms with Gasteiger partial charge in [-0.3, -0.25) is 4.79 Å². The first-order valence-corrected chi connectivity index (χ1v) is 11.5. The molecule has 0 aliphatic carbocycles. The van der Waals surface area contributed by atoms with Crippen molar-refractivity contribution in [2.75, 3.05) is 37.0 Å². The molecule has 166 valence electrons. The third-order valence-corrected chi connectivity index (χ3v) is 5.97. The summed E-state index contributed by atoms with van der Waals surface area (Å²) >= 11 is 1.30. The zero-order valence-corrected chi connectivity index (χ0v) is 18.8. The molecule has 1 fully saturated rings. The van der Waals surface area contributed by atoms with Crippen LogP contribution in [0.4, 0.5) is 5.69 Å². The van der Waals surface area contributed by atoms with Gasteiger partial charge in [-0.05, 0) is 36.8 Å². The Morgan fingerprint density at radius 1 is 1.06 bits per heavy atom. The third-order valence-electron chi connectivity index (χ3n) is 5.01. The lowest BCUT2D eigenvalue weighted by atomic mass is 10.2. The number of nitrogens with one attached hydrogen (secondary N) is 1. The number of benzene rings is 2. The van der Waals surface area contributed by atoms with E-state index in [9.17, 15) is 4.79 Å². The molecule has 7 nitrogen and oxygen atoms in total. The van der Waals surface area contributed by atoms with Crippen molar-refractivity contribution in [2.45, 2.75) is 18.5 Å². The summed E-state index contributed by atoms with van der Waals surface area (Å²) in [5, 5.41) is 3.54. The third kappa shape index (κ3) is 6.21. The van der Waals surface area contributed by atoms with Gasteiger partial charge < -0.3 is 19.7 Å². The number of aryl methyl sites for hydroxylation is 1. The van der Waals surface area contributed by atoms with Crippen LogP contribution < -0.4 is 15.0 Å². The second-order valence-corrected chi connectivity index (χ2v) is 8.38. The van der Waals surface area contributed by atoms with Crippen LogP contribution in [0.5, 0.6) is 11.6 Å². The molecule has 8 heteroatoms. The van der Waals surface area contributed by atoms with Crippen LogP contribution in [0.15, 0.2) is 66.0 Å². The molecule has 0 spiro atoms. The molecule has 1 aromatic heterocycles. The van der Waals surface area contributed by atoms with Crippen LogP contribution in [0.2, 0.25) is 0 Å². The predicted molar refractivity (Wildman–Crippen MR) is 125 cm³/mol. The van der Waals surface area contributed by atoms with Gasteiger partial charge in [-0.2, -0.15) is 0 Å². The first-order valence-electron chi connectivity index (χ1n) is 10.5. The summed E-state index contributed by atoms with van der Waals surface area (Å²) < 4.78 is 11.2. The predicted octanol–water partition coefficient (Wildman–Crippen LogP) is 3.82. The van der Waals surface area contributed by atoms with Gasteiger partial charge in [0.15, 0.2) is 5.03 Å². The van der Waals surface area contributed by atoms with E-state index in [2.05, 4.69) is 44.5 Å². The molecule has 2 heterocycles. The van der Waals surface area contributed by atoms with Crippen molar-refractivity contribution < 1.29 is 14.3 Å². The Labute approximate surface area is 192 Å². The number of aromatic nitrogens is 2. The highest BCUT2D eigenvalue weighted by Crippen LogP contribution is 2.28. The molecule has 3 aromatic rings. The van der Waals surface area contributed by atoms with Gasteiger partial charge in [-0.1, -0.05) is 41.6 Å². The highest BCUT2D eigenvalue weighted by atomic mass is 32.2. The zero-order chi connectivity index (χ0) is 22.2. The molecular weight excluding hydrogens is 424 g/mol. The summed E-state index contributed by atoms with van der Waals surface area (Å²) in [5.74, 6) is 1.24. The number of rotatable bonds is 8. The van der Waals surface area contributed by atoms with Crippen LogP contribution in [-0.4, -0.2) is 47.9 Å². The second-order valence-electron chi connectivity index (χ2n) is 7.41. The number of carbonyl (C=O) groups excluding carboxylic acids is 1. The zero-order valence-electron chi connectivity index (χ0n) is 18.0. The maximum absolute atomic E-state index is 12.4. The Morgan fingerprint density at radius 2 is 1.78 bits per heavy atom. The number of ether oxygens (including phenoxy) is 2. The molecule has 0 saturated carbocycles. The fraction of sp³-hybridized carbons (Fsp3) is 0.292. The Morgan fingerprint density at radius 3 is 2.53 bits per heavy atom. The van der Waals surface area contributed by atoms with Crippen LogP contribution in [0.25, 0.3) is 0 Å². The van der Waals surface area contributed by atoms with Crippen molar-refractivity contribution in [3.05, 3.63) is 72.1 Å². The van der Waals surface area contributed by atoms with E-state index in [1.807, 2.05) is 31.2 Å². The van der Waals surface area contributed by atoms with Crippen molar-refractivity contribution in [2.24, 2.45) is 0 Å². The van der Waals surface area contributed by atoms with E-state index in [1.165, 1.54) is 17.4 Å². The Hall–Kier alpha value is -3.10. The monoisotopic (exact) mass is 450 g/mol. The first kappa shape index (κ1) is 22.1. The topological polar surface area (TPSA) is 76.6 Å². The normalized spacial score (nSPS) is 13.6. The number of anilines is 1. The lowest BCUT2D eigenvalue weighted by Gasteiger charge is -2.28. The molecule has 2 aromatic carbocycles. The van der Waals surface area contributed by atoms with E-state index in [0.29, 0.717) is 23.2 Å². The first-order chi connectivity index (χ1) is 15.7. The lowest BCUT2D eigenvalue weighted by Crippen LogP contribution is -2.36. The van der Waals surface area contributed by atoms with Crippen LogP contribution in [0.1, 0.15) is 11.1 Å². The number of amides is 1. The smallest absolute Gasteiger partial charge is 0.252 e. The van der Waals surface area contributed by atoms with Gasteiger partial charge in [0, 0.05) is 37.7 Å². The minimum absolute atomic E-state index is 0.0702. The molecule has 0 bridgehead atoms. The molecule has 4 rings (SSSR count). The summed E-state index contributed by atoms with van der Waals surface area (Å²) in [7, 11) is 0. The number of morpholine rings is 1. The van der Waals surface area contributed by atoms with Crippen molar-refractivity contribution in [3.8, 4) is 11.6 Å². The molecule has 0 atom stereocenters. The molecule has 32 heavy (non-hydrogen) atoms. The summed E-state index contributed by atoms with van der Waals surface area (Å²) in [5.41, 5.74) is 3.39. The van der Waals surface area contributed by atoms with Crippen LogP contribution in [-0.2, 0) is 16.1 Å². The van der Waals surface area contributed by atoms with Gasteiger partial charge in [0.25, 0.3) is 5.88 Å². The van der Waals surface area contributed by atoms with Crippen LogP contribution in [0, 0.1) is 6.92 Å². The van der Waals surface area contributed by atoms with Gasteiger partial charge in [0.2, 0.25) is 5.91 Å². The molecule has 1 aliphatic rings. The van der Waals surface area contributed by atoms with Crippen molar-refractivity contribution in [3.63, 3.8) is 0 Å². The standard InChI is InChI=1S/C24H26N4O3S/c1-18-2-8-21(9-3-18)31-23-24(26-11-10-25-23)32-17-22(29)27-16-19-4-6-20(7-5-19)28-12-14-30-15-13-28/h2-11H,12-17H2,1H3,(H,27,29). The lowest BCUT2D eigenvalue weighted by molar-refractivity contribution is -0.118. The van der Waals surface area contributed by atoms with E-state index in [4.69, 9.17) is 9.47 Å². The summed E-state index contributed by atoms with van der Waals surface area (Å²) in [4.78, 5) is 23.3. The second kappa shape index (κ2) is 11.0. The molecule has 1 aliphatic heterocycles. The fourth-order valence-corrected chi connectivity index (χ4v) is 3.95. The maximum atomic E-state index is 12.4. The quantitative estimate of drug-likeness (QED) is 0.523. The molecule has 1 N–H and O–H groups in total. The summed E-state index contributed by atoms with van der Waals surface area (Å²) in [6.45, 7) is 5.84. The fourth-order valence-electron chi connectivity index (χ4n) is 3.23. The largest absolute Gasteiger partial charge is 0.437 e. The number of nitrogens with zero attached hydrogens (tertiary/aromatic N) is 3. The number of hydrogen-bond donors (Lipinski definition) is 1. The molecule has 1 saturated heterocycles. The number of hydrogen-bond acceptors (Lipinski definition) is 7. The Kier molecular flexibility index (Phi) is 7.58. The average molecular weight is 451 g/mol. The number of thioether (sulfide) groups is 1. The van der Waals surface area contributed by atoms with Crippen molar-refractivity contribution in [1.29, 1.82) is 0 Å². The van der Waals surface area contributed by atoms with E-state index in [-0.39, 0.29) is 11.7 Å². The van der Waals surface area contributed by atoms with Gasteiger partial charge in [0.05, 0.1) is 19.0 Å². The minimum atomic E-state index is -0.0702. The van der Waals surface area contributed by atoms with Gasteiger partial charge >= 0.3 is 0 Å². The SMILES string of the molecule is Cc1ccc(Oc2nccnc2SCC(=O)NCc2ccc(N3CCOCC3)cc2)cc1. The summed E-state index contributed by atoms with van der Waals surface area (Å²) in [6.07, 6.45) is 3.17. The minimum Gasteiger partial charge on any atom is -0.437 e. The average Bonchev–Trinajstić information content (AvgIpc) is 2.84. The highest BCUT2D eigenvalue weighted by Gasteiger charge is 2.13. The van der Waals surface area contributed by atoms with Crippen molar-refractivity contribution >= 4 is 23.4 Å². The molecule has 0 unspecified atom stereocenters. The highest BCUT2D eigenvalue weighted by molar-refractivity contribution is 8.00. The Bertz CT molecular complexity index is 1020. The number of carbonyl (C=O) groups is 1. The van der Waals surface area contributed by atoms with E-state index in [0.717, 1.165) is 37.4 Å².